The van der Waals surface area contributed by atoms with Gasteiger partial charge < -0.3 is 0 Å². The van der Waals surface area contributed by atoms with Gasteiger partial charge in [0.05, 0.1) is 0 Å². The molecule has 0 aromatic rings. The van der Waals surface area contributed by atoms with Gasteiger partial charge in [-0.15, -0.1) is 0 Å². The zero-order chi connectivity index (χ0) is 6.85. The Morgan fingerprint density at radius 2 is 2.56 bits per heavy atom. The Morgan fingerprint density at radius 3 is 2.78 bits per heavy atom. The van der Waals surface area contributed by atoms with Crippen LogP contribution >= 0.6 is 0 Å². The molecule has 0 spiro atoms. The van der Waals surface area contributed by atoms with E-state index in [4.69, 9.17) is 5.31 Å². The van der Waals surface area contributed by atoms with Crippen molar-refractivity contribution >= 4 is 13.1 Å². The third kappa shape index (κ3) is 1.02. The molecule has 9 heavy (non-hydrogen) atoms. The monoisotopic (exact) mass is 124 g/mol. The molecule has 1 aliphatic rings. The molecule has 0 aromatic carbocycles. The molecule has 1 rings (SSSR count). The third-order valence-corrected chi connectivity index (χ3v) is 1.66. The molecular formula is C5H9BN2O. The maximum atomic E-state index is 10.9. The number of hydrogen-bond donors (Lipinski definition) is 1. The number of nitrogens with zero attached hydrogens (tertiary/aromatic N) is 1. The van der Waals surface area contributed by atoms with Crippen LogP contribution in [0.3, 0.4) is 0 Å². The van der Waals surface area contributed by atoms with Gasteiger partial charge in [0.1, 0.15) is 0 Å². The second kappa shape index (κ2) is 2.29. The van der Waals surface area contributed by atoms with E-state index >= 15 is 0 Å². The molecule has 1 fully saturated rings. The number of hydrogen-bond acceptors (Lipinski definition) is 2. The van der Waals surface area contributed by atoms with Crippen LogP contribution in [0.1, 0.15) is 13.3 Å². The number of carbonyl (C=O) groups is 1. The molecule has 1 unspecified atom stereocenters. The van der Waals surface area contributed by atoms with Gasteiger partial charge in [-0.2, -0.15) is 0 Å². The van der Waals surface area contributed by atoms with Crippen LogP contribution in [0.4, 0.5) is 0 Å². The van der Waals surface area contributed by atoms with Crippen molar-refractivity contribution in [2.24, 2.45) is 5.92 Å². The van der Waals surface area contributed by atoms with Crippen LogP contribution in [0.25, 0.3) is 0 Å². The molecule has 1 atom stereocenters. The average molecular weight is 124 g/mol. The van der Waals surface area contributed by atoms with Crippen LogP contribution in [0, 0.1) is 11.2 Å². The molecule has 0 aromatic heterocycles. The fourth-order valence-electron chi connectivity index (χ4n) is 0.978. The molecule has 1 heterocycles. The van der Waals surface area contributed by atoms with Crippen LogP contribution in [0.5, 0.6) is 0 Å². The SMILES string of the molecule is CC1CCN(B=N)C1=O. The van der Waals surface area contributed by atoms with Gasteiger partial charge in [-0.05, 0) is 0 Å². The normalized spacial score (nSPS) is 26.6. The summed E-state index contributed by atoms with van der Waals surface area (Å²) in [6, 6.07) is 0. The summed E-state index contributed by atoms with van der Waals surface area (Å²) < 4.78 is 0. The van der Waals surface area contributed by atoms with Crippen molar-refractivity contribution in [1.82, 2.24) is 4.81 Å². The van der Waals surface area contributed by atoms with E-state index in [9.17, 15) is 4.79 Å². The van der Waals surface area contributed by atoms with E-state index in [-0.39, 0.29) is 11.8 Å². The summed E-state index contributed by atoms with van der Waals surface area (Å²) in [6.45, 7) is 2.62. The Labute approximate surface area is 54.8 Å². The molecule has 0 bridgehead atoms. The first-order valence-corrected chi connectivity index (χ1v) is 3.07. The quantitative estimate of drug-likeness (QED) is 0.499. The first-order valence-electron chi connectivity index (χ1n) is 3.07. The Hall–Kier alpha value is -0.665. The Kier molecular flexibility index (Phi) is 1.64. The summed E-state index contributed by atoms with van der Waals surface area (Å²) in [5.41, 5.74) is 0. The number of amides is 1. The van der Waals surface area contributed by atoms with Gasteiger partial charge in [-0.3, -0.25) is 0 Å². The molecule has 1 saturated heterocycles. The van der Waals surface area contributed by atoms with E-state index in [0.717, 1.165) is 20.2 Å². The van der Waals surface area contributed by atoms with Crippen molar-refractivity contribution in [2.75, 3.05) is 6.54 Å². The van der Waals surface area contributed by atoms with Crippen LogP contribution in [-0.2, 0) is 4.79 Å². The van der Waals surface area contributed by atoms with Crippen LogP contribution < -0.4 is 0 Å². The molecule has 3 nitrogen and oxygen atoms in total. The number of carbonyl (C=O) groups excluding carboxylic acids is 1. The van der Waals surface area contributed by atoms with Crippen molar-refractivity contribution < 1.29 is 4.79 Å². The molecule has 4 heteroatoms. The molecule has 1 aliphatic heterocycles. The Bertz CT molecular complexity index is 148. The predicted molar refractivity (Wildman–Crippen MR) is 34.0 cm³/mol. The summed E-state index contributed by atoms with van der Waals surface area (Å²) in [7, 11) is 1.10. The fourth-order valence-corrected chi connectivity index (χ4v) is 0.978. The second-order valence-electron chi connectivity index (χ2n) is 2.35. The van der Waals surface area contributed by atoms with Crippen LogP contribution in [-0.4, -0.2) is 24.5 Å². The topological polar surface area (TPSA) is 44.2 Å². The van der Waals surface area contributed by atoms with E-state index in [0.29, 0.717) is 0 Å². The van der Waals surface area contributed by atoms with E-state index in [1.165, 1.54) is 4.81 Å². The molecule has 0 saturated carbocycles. The van der Waals surface area contributed by atoms with Crippen molar-refractivity contribution in [3.05, 3.63) is 0 Å². The molecule has 0 radical (unpaired) electrons. The second-order valence-corrected chi connectivity index (χ2v) is 2.35. The van der Waals surface area contributed by atoms with E-state index in [2.05, 4.69) is 0 Å². The average Bonchev–Trinajstić information content (AvgIpc) is 2.15. The molecule has 48 valence electrons. The van der Waals surface area contributed by atoms with Gasteiger partial charge in [-0.25, -0.2) is 0 Å². The van der Waals surface area contributed by atoms with Gasteiger partial charge in [0.2, 0.25) is 0 Å². The standard InChI is InChI=1S/C5H9BN2O/c1-4-2-3-8(6-7)5(4)9/h4,7H,2-3H2,1H3. The van der Waals surface area contributed by atoms with Gasteiger partial charge in [0, 0.05) is 0 Å². The van der Waals surface area contributed by atoms with E-state index in [1.807, 2.05) is 6.92 Å². The summed E-state index contributed by atoms with van der Waals surface area (Å²) >= 11 is 0. The van der Waals surface area contributed by atoms with E-state index < -0.39 is 0 Å². The third-order valence-electron chi connectivity index (χ3n) is 1.66. The Morgan fingerprint density at radius 1 is 1.89 bits per heavy atom. The zero-order valence-electron chi connectivity index (χ0n) is 5.42. The van der Waals surface area contributed by atoms with Crippen molar-refractivity contribution in [3.8, 4) is 0 Å². The van der Waals surface area contributed by atoms with Gasteiger partial charge >= 0.3 is 53.8 Å². The van der Waals surface area contributed by atoms with Crippen LogP contribution in [0.2, 0.25) is 0 Å². The van der Waals surface area contributed by atoms with Gasteiger partial charge in [0.25, 0.3) is 0 Å². The van der Waals surface area contributed by atoms with E-state index in [1.54, 1.807) is 0 Å². The number of nitrogens with one attached hydrogen (secondary N) is 1. The van der Waals surface area contributed by atoms with Gasteiger partial charge in [0.15, 0.2) is 0 Å². The van der Waals surface area contributed by atoms with Crippen LogP contribution in [0.15, 0.2) is 0 Å². The molecular weight excluding hydrogens is 115 g/mol. The summed E-state index contributed by atoms with van der Waals surface area (Å²) in [6.07, 6.45) is 0.897. The summed E-state index contributed by atoms with van der Waals surface area (Å²) in [5.74, 6) is 0.219. The maximum absolute atomic E-state index is 10.9. The number of rotatable bonds is 1. The predicted octanol–water partition coefficient (Wildman–Crippen LogP) is 0.236. The minimum absolute atomic E-state index is 0.0880. The first-order chi connectivity index (χ1) is 4.25. The summed E-state index contributed by atoms with van der Waals surface area (Å²) in [5, 5.41) is 6.80. The van der Waals surface area contributed by atoms with Crippen molar-refractivity contribution in [3.63, 3.8) is 0 Å². The first kappa shape index (κ1) is 6.45. The molecule has 1 N–H and O–H groups in total. The summed E-state index contributed by atoms with van der Waals surface area (Å²) in [4.78, 5) is 12.4. The fraction of sp³-hybridized carbons (Fsp3) is 0.800. The molecule has 0 aliphatic carbocycles. The molecule has 1 amide bonds. The van der Waals surface area contributed by atoms with Gasteiger partial charge in [-0.1, -0.05) is 0 Å². The minimum atomic E-state index is 0.0880. The Balaban J connectivity index is 2.61. The zero-order valence-corrected chi connectivity index (χ0v) is 5.42. The van der Waals surface area contributed by atoms with Crippen molar-refractivity contribution in [2.45, 2.75) is 13.3 Å². The van der Waals surface area contributed by atoms with Crippen molar-refractivity contribution in [1.29, 1.82) is 5.31 Å².